The van der Waals surface area contributed by atoms with Crippen molar-refractivity contribution in [2.45, 2.75) is 61.2 Å². The maximum atomic E-state index is 10.8. The van der Waals surface area contributed by atoms with Crippen LogP contribution in [0.3, 0.4) is 0 Å². The van der Waals surface area contributed by atoms with E-state index in [-0.39, 0.29) is 24.6 Å². The number of epoxide rings is 1. The molecule has 2 aromatic rings. The Bertz CT molecular complexity index is 896. The van der Waals surface area contributed by atoms with Crippen LogP contribution in [0.4, 0.5) is 0 Å². The second-order valence-corrected chi connectivity index (χ2v) is 12.3. The van der Waals surface area contributed by atoms with E-state index < -0.39 is 10.1 Å². The zero-order valence-corrected chi connectivity index (χ0v) is 21.4. The SMILES string of the molecule is O=S(=O)(O)CCNC1OC1CCCCC(CCSCc1ccccc1)SCc1ccccc1. The first kappa shape index (κ1) is 26.6. The van der Waals surface area contributed by atoms with Gasteiger partial charge in [0.05, 0.1) is 11.9 Å². The molecular formula is C25H35NO4S3. The zero-order valence-electron chi connectivity index (χ0n) is 19.0. The summed E-state index contributed by atoms with van der Waals surface area (Å²) in [4.78, 5) is 0. The van der Waals surface area contributed by atoms with Crippen molar-refractivity contribution in [1.29, 1.82) is 0 Å². The van der Waals surface area contributed by atoms with E-state index in [1.54, 1.807) is 0 Å². The fourth-order valence-electron chi connectivity index (χ4n) is 3.67. The molecule has 3 rings (SSSR count). The van der Waals surface area contributed by atoms with Crippen LogP contribution in [0.25, 0.3) is 0 Å². The molecule has 0 bridgehead atoms. The molecule has 1 saturated heterocycles. The number of hydrogen-bond acceptors (Lipinski definition) is 6. The molecule has 182 valence electrons. The molecule has 3 atom stereocenters. The Balaban J connectivity index is 1.32. The second-order valence-electron chi connectivity index (χ2n) is 8.37. The summed E-state index contributed by atoms with van der Waals surface area (Å²) in [6.07, 6.45) is 5.80. The first-order valence-electron chi connectivity index (χ1n) is 11.6. The first-order valence-corrected chi connectivity index (χ1v) is 15.4. The van der Waals surface area contributed by atoms with E-state index in [0.29, 0.717) is 5.25 Å². The molecule has 0 saturated carbocycles. The van der Waals surface area contributed by atoms with Gasteiger partial charge in [-0.3, -0.25) is 9.87 Å². The maximum absolute atomic E-state index is 10.8. The lowest BCUT2D eigenvalue weighted by Crippen LogP contribution is -2.26. The molecule has 0 radical (unpaired) electrons. The Morgan fingerprint density at radius 2 is 1.61 bits per heavy atom. The second kappa shape index (κ2) is 14.4. The summed E-state index contributed by atoms with van der Waals surface area (Å²) in [7, 11) is -3.91. The van der Waals surface area contributed by atoms with Gasteiger partial charge in [-0.25, -0.2) is 0 Å². The van der Waals surface area contributed by atoms with Gasteiger partial charge in [0.2, 0.25) is 0 Å². The van der Waals surface area contributed by atoms with Crippen LogP contribution in [-0.4, -0.2) is 48.6 Å². The summed E-state index contributed by atoms with van der Waals surface area (Å²) < 4.78 is 35.9. The number of thioether (sulfide) groups is 2. The van der Waals surface area contributed by atoms with Crippen molar-refractivity contribution >= 4 is 33.6 Å². The van der Waals surface area contributed by atoms with Crippen LogP contribution in [0.15, 0.2) is 60.7 Å². The van der Waals surface area contributed by atoms with Gasteiger partial charge in [0.1, 0.15) is 6.23 Å². The third-order valence-corrected chi connectivity index (χ3v) is 8.80. The van der Waals surface area contributed by atoms with Crippen LogP contribution in [0, 0.1) is 0 Å². The molecule has 1 heterocycles. The van der Waals surface area contributed by atoms with Crippen LogP contribution in [-0.2, 0) is 26.4 Å². The van der Waals surface area contributed by atoms with Gasteiger partial charge in [-0.1, -0.05) is 73.5 Å². The highest BCUT2D eigenvalue weighted by molar-refractivity contribution is 7.99. The number of hydrogen-bond donors (Lipinski definition) is 2. The minimum atomic E-state index is -3.91. The van der Waals surface area contributed by atoms with Crippen LogP contribution >= 0.6 is 23.5 Å². The average molecular weight is 510 g/mol. The monoisotopic (exact) mass is 509 g/mol. The van der Waals surface area contributed by atoms with E-state index in [0.717, 1.165) is 24.3 Å². The Hall–Kier alpha value is -1.03. The minimum Gasteiger partial charge on any atom is -0.353 e. The van der Waals surface area contributed by atoms with E-state index in [1.807, 2.05) is 11.8 Å². The lowest BCUT2D eigenvalue weighted by Gasteiger charge is -2.16. The van der Waals surface area contributed by atoms with E-state index in [1.165, 1.54) is 36.1 Å². The largest absolute Gasteiger partial charge is 0.353 e. The van der Waals surface area contributed by atoms with Crippen LogP contribution in [0.2, 0.25) is 0 Å². The van der Waals surface area contributed by atoms with Crippen molar-refractivity contribution in [1.82, 2.24) is 5.32 Å². The highest BCUT2D eigenvalue weighted by Crippen LogP contribution is 2.29. The van der Waals surface area contributed by atoms with Crippen molar-refractivity contribution in [2.75, 3.05) is 18.1 Å². The van der Waals surface area contributed by atoms with Crippen molar-refractivity contribution in [2.24, 2.45) is 0 Å². The molecular weight excluding hydrogens is 474 g/mol. The number of ether oxygens (including phenoxy) is 1. The molecule has 1 fully saturated rings. The van der Waals surface area contributed by atoms with E-state index in [9.17, 15) is 8.42 Å². The van der Waals surface area contributed by atoms with Gasteiger partial charge in [0, 0.05) is 23.3 Å². The first-order chi connectivity index (χ1) is 16.0. The summed E-state index contributed by atoms with van der Waals surface area (Å²) in [5.74, 6) is 3.03. The predicted molar refractivity (Wildman–Crippen MR) is 140 cm³/mol. The molecule has 1 aliphatic rings. The van der Waals surface area contributed by atoms with Crippen LogP contribution < -0.4 is 5.32 Å². The average Bonchev–Trinajstić information content (AvgIpc) is 3.55. The molecule has 0 amide bonds. The van der Waals surface area contributed by atoms with Crippen molar-refractivity contribution < 1.29 is 17.7 Å². The van der Waals surface area contributed by atoms with Crippen LogP contribution in [0.1, 0.15) is 43.2 Å². The topological polar surface area (TPSA) is 78.9 Å². The summed E-state index contributed by atoms with van der Waals surface area (Å²) >= 11 is 4.09. The summed E-state index contributed by atoms with van der Waals surface area (Å²) in [5, 5.41) is 3.68. The van der Waals surface area contributed by atoms with Gasteiger partial charge in [0.15, 0.2) is 0 Å². The zero-order chi connectivity index (χ0) is 23.4. The predicted octanol–water partition coefficient (Wildman–Crippen LogP) is 5.37. The molecule has 1 aliphatic heterocycles. The fraction of sp³-hybridized carbons (Fsp3) is 0.520. The van der Waals surface area contributed by atoms with Crippen molar-refractivity contribution in [3.63, 3.8) is 0 Å². The van der Waals surface area contributed by atoms with Gasteiger partial charge in [-0.2, -0.15) is 31.9 Å². The minimum absolute atomic E-state index is 0.0654. The van der Waals surface area contributed by atoms with Crippen molar-refractivity contribution in [3.05, 3.63) is 71.8 Å². The Morgan fingerprint density at radius 1 is 0.939 bits per heavy atom. The number of unbranched alkanes of at least 4 members (excludes halogenated alkanes) is 1. The van der Waals surface area contributed by atoms with Gasteiger partial charge >= 0.3 is 0 Å². The highest BCUT2D eigenvalue weighted by Gasteiger charge is 2.37. The molecule has 5 nitrogen and oxygen atoms in total. The highest BCUT2D eigenvalue weighted by atomic mass is 32.2. The molecule has 0 spiro atoms. The lowest BCUT2D eigenvalue weighted by atomic mass is 10.1. The molecule has 2 aromatic carbocycles. The third kappa shape index (κ3) is 11.8. The Labute approximate surface area is 207 Å². The van der Waals surface area contributed by atoms with E-state index >= 15 is 0 Å². The van der Waals surface area contributed by atoms with Crippen molar-refractivity contribution in [3.8, 4) is 0 Å². The molecule has 2 N–H and O–H groups in total. The normalized spacial score (nSPS) is 18.8. The summed E-state index contributed by atoms with van der Waals surface area (Å²) in [5.41, 5.74) is 2.77. The van der Waals surface area contributed by atoms with Gasteiger partial charge < -0.3 is 4.74 Å². The molecule has 0 aromatic heterocycles. The summed E-state index contributed by atoms with van der Waals surface area (Å²) in [6, 6.07) is 21.3. The van der Waals surface area contributed by atoms with E-state index in [4.69, 9.17) is 9.29 Å². The lowest BCUT2D eigenvalue weighted by molar-refractivity contribution is 0.339. The van der Waals surface area contributed by atoms with Gasteiger partial charge in [-0.15, -0.1) is 0 Å². The molecule has 0 aliphatic carbocycles. The summed E-state index contributed by atoms with van der Waals surface area (Å²) in [6.45, 7) is 0.221. The third-order valence-electron chi connectivity index (χ3n) is 5.58. The molecule has 8 heteroatoms. The van der Waals surface area contributed by atoms with Crippen LogP contribution in [0.5, 0.6) is 0 Å². The number of rotatable bonds is 17. The van der Waals surface area contributed by atoms with Gasteiger partial charge in [-0.05, 0) is 36.1 Å². The Kier molecular flexibility index (Phi) is 11.6. The quantitative estimate of drug-likeness (QED) is 0.168. The maximum Gasteiger partial charge on any atom is 0.266 e. The number of benzene rings is 2. The van der Waals surface area contributed by atoms with E-state index in [2.05, 4.69) is 77.7 Å². The number of nitrogens with one attached hydrogen (secondary N) is 1. The molecule has 3 unspecified atom stereocenters. The molecule has 33 heavy (non-hydrogen) atoms. The standard InChI is InChI=1S/C25H35NO4S3/c27-33(28,29)18-16-26-25-24(30-25)14-8-7-13-23(32-20-22-11-5-2-6-12-22)15-17-31-19-21-9-3-1-4-10-21/h1-6,9-12,23-26H,7-8,13-20H2,(H,27,28,29). The van der Waals surface area contributed by atoms with Gasteiger partial charge in [0.25, 0.3) is 10.1 Å². The fourth-order valence-corrected chi connectivity index (χ4v) is 6.46. The Morgan fingerprint density at radius 3 is 2.27 bits per heavy atom. The smallest absolute Gasteiger partial charge is 0.266 e.